The number of hydrogen-bond donors (Lipinski definition) is 4. The minimum atomic E-state index is -3.93. The summed E-state index contributed by atoms with van der Waals surface area (Å²) in [6, 6.07) is 8.47. The van der Waals surface area contributed by atoms with Gasteiger partial charge in [-0.3, -0.25) is 19.1 Å². The molecule has 0 unspecified atom stereocenters. The van der Waals surface area contributed by atoms with E-state index in [1.165, 1.54) is 4.90 Å². The Morgan fingerprint density at radius 3 is 2.53 bits per heavy atom. The highest BCUT2D eigenvalue weighted by Crippen LogP contribution is 2.46. The molecule has 59 heavy (non-hydrogen) atoms. The van der Waals surface area contributed by atoms with Crippen molar-refractivity contribution in [3.63, 3.8) is 0 Å². The highest BCUT2D eigenvalue weighted by Gasteiger charge is 2.62. The number of allylic oxidation sites excluding steroid dienone is 1. The van der Waals surface area contributed by atoms with Crippen LogP contribution in [-0.4, -0.2) is 101 Å². The lowest BCUT2D eigenvalue weighted by molar-refractivity contribution is -0.142. The van der Waals surface area contributed by atoms with Crippen LogP contribution in [0, 0.1) is 17.8 Å². The summed E-state index contributed by atoms with van der Waals surface area (Å²) in [5.74, 6) is -1.65. The highest BCUT2D eigenvalue weighted by atomic mass is 32.2. The molecule has 1 aromatic carbocycles. The lowest BCUT2D eigenvalue weighted by Gasteiger charge is -2.32. The van der Waals surface area contributed by atoms with Gasteiger partial charge in [-0.25, -0.2) is 23.2 Å². The third-order valence-electron chi connectivity index (χ3n) is 11.6. The van der Waals surface area contributed by atoms with Crippen molar-refractivity contribution in [1.29, 1.82) is 0 Å². The standard InChI is InChI=1S/C42H52N6O10S/c1-23(2)57-35-15-10-26(21-43-35)33-18-27-17-29(56-5)11-14-32(27)38(44-33)58-30-19-34-37(49)46-42(40(51)47-59(54,55)31-12-13-31)20-28(42)9-7-6-8-24(3)16-25(4)36(45-41(52)53)39(50)48(34)22-30/h7,9-11,14-15,17-18,21,23-25,28,30-31,34,36,45H,6,8,12-13,16,19-20,22H2,1-5H3,(H,46,49)(H,47,51)(H,52,53)/b9-7-/t24-,25-,28-,30-,34+,36+,42-/m1/s1. The van der Waals surface area contributed by atoms with Crippen molar-refractivity contribution in [2.45, 2.75) is 108 Å². The fourth-order valence-corrected chi connectivity index (χ4v) is 9.56. The van der Waals surface area contributed by atoms with Crippen molar-refractivity contribution >= 4 is 44.6 Å². The molecule has 0 bridgehead atoms. The van der Waals surface area contributed by atoms with Crippen LogP contribution in [0.15, 0.2) is 54.7 Å². The van der Waals surface area contributed by atoms with E-state index in [1.807, 2.05) is 58.0 Å². The lowest BCUT2D eigenvalue weighted by Crippen LogP contribution is -2.59. The van der Waals surface area contributed by atoms with Crippen LogP contribution in [0.5, 0.6) is 17.5 Å². The number of carboxylic acid groups (broad SMARTS) is 1. The second-order valence-electron chi connectivity index (χ2n) is 16.6. The number of amides is 4. The van der Waals surface area contributed by atoms with Crippen LogP contribution in [0.2, 0.25) is 0 Å². The van der Waals surface area contributed by atoms with Gasteiger partial charge >= 0.3 is 6.09 Å². The average molecular weight is 833 g/mol. The molecule has 3 aromatic rings. The van der Waals surface area contributed by atoms with Gasteiger partial charge in [0.05, 0.1) is 30.7 Å². The molecule has 3 fully saturated rings. The molecule has 0 spiro atoms. The third kappa shape index (κ3) is 9.24. The van der Waals surface area contributed by atoms with Crippen LogP contribution in [0.4, 0.5) is 4.79 Å². The van der Waals surface area contributed by atoms with Gasteiger partial charge in [0, 0.05) is 35.6 Å². The van der Waals surface area contributed by atoms with Crippen LogP contribution in [-0.2, 0) is 24.4 Å². The molecule has 2 saturated carbocycles. The number of ether oxygens (including phenoxy) is 3. The zero-order valence-corrected chi connectivity index (χ0v) is 34.7. The summed E-state index contributed by atoms with van der Waals surface area (Å²) in [6.07, 6.45) is 6.08. The number of nitrogens with one attached hydrogen (secondary N) is 3. The first-order chi connectivity index (χ1) is 28.1. The zero-order valence-electron chi connectivity index (χ0n) is 33.8. The maximum Gasteiger partial charge on any atom is 0.405 e. The second kappa shape index (κ2) is 16.7. The molecule has 316 valence electrons. The number of aromatic nitrogens is 2. The first-order valence-electron chi connectivity index (χ1n) is 20.2. The molecule has 4 aliphatic rings. The summed E-state index contributed by atoms with van der Waals surface area (Å²) in [6.45, 7) is 7.54. The number of nitrogens with zero attached hydrogens (tertiary/aromatic N) is 3. The molecule has 4 N–H and O–H groups in total. The average Bonchev–Trinajstić information content (AvgIpc) is 4.11. The van der Waals surface area contributed by atoms with Crippen LogP contribution >= 0.6 is 0 Å². The minimum absolute atomic E-state index is 0.0346. The summed E-state index contributed by atoms with van der Waals surface area (Å²) in [4.78, 5) is 65.7. The van der Waals surface area contributed by atoms with Gasteiger partial charge in [0.15, 0.2) is 0 Å². The van der Waals surface area contributed by atoms with Gasteiger partial charge < -0.3 is 34.9 Å². The lowest BCUT2D eigenvalue weighted by atomic mass is 9.88. The summed E-state index contributed by atoms with van der Waals surface area (Å²) < 4.78 is 45.9. The van der Waals surface area contributed by atoms with Crippen molar-refractivity contribution in [2.24, 2.45) is 17.8 Å². The van der Waals surface area contributed by atoms with E-state index < -0.39 is 74.7 Å². The molecule has 2 aromatic heterocycles. The monoisotopic (exact) mass is 832 g/mol. The van der Waals surface area contributed by atoms with Gasteiger partial charge in [-0.15, -0.1) is 0 Å². The Morgan fingerprint density at radius 1 is 1.07 bits per heavy atom. The third-order valence-corrected chi connectivity index (χ3v) is 13.4. The number of carbonyl (C=O) groups excluding carboxylic acids is 3. The van der Waals surface area contributed by atoms with E-state index in [1.54, 1.807) is 31.5 Å². The maximum absolute atomic E-state index is 14.6. The Balaban J connectivity index is 1.24. The molecular formula is C42H52N6O10S. The van der Waals surface area contributed by atoms with E-state index in [4.69, 9.17) is 19.2 Å². The van der Waals surface area contributed by atoms with E-state index in [0.717, 1.165) is 11.8 Å². The smallest absolute Gasteiger partial charge is 0.405 e. The predicted octanol–water partition coefficient (Wildman–Crippen LogP) is 4.57. The molecule has 16 nitrogen and oxygen atoms in total. The number of carbonyl (C=O) groups is 4. The SMILES string of the molecule is COc1ccc2c(O[C@@H]3C[C@H]4C(=O)N[C@]5(C(=O)NS(=O)(=O)C6CC6)C[C@H]5/C=C\CC[C@@H](C)C[C@@H](C)[C@H](NC(=O)O)C(=O)N4C3)nc(-c3ccc(OC(C)C)nc3)cc2c1. The van der Waals surface area contributed by atoms with Gasteiger partial charge in [-0.1, -0.05) is 26.0 Å². The fourth-order valence-electron chi connectivity index (χ4n) is 8.20. The van der Waals surface area contributed by atoms with Crippen LogP contribution < -0.4 is 29.6 Å². The van der Waals surface area contributed by atoms with Crippen LogP contribution in [0.1, 0.15) is 72.6 Å². The summed E-state index contributed by atoms with van der Waals surface area (Å²) >= 11 is 0. The second-order valence-corrected chi connectivity index (χ2v) is 18.6. The van der Waals surface area contributed by atoms with Crippen molar-refractivity contribution in [1.82, 2.24) is 30.2 Å². The maximum atomic E-state index is 14.6. The molecule has 4 heterocycles. The molecule has 1 saturated heterocycles. The molecular weight excluding hydrogens is 781 g/mol. The van der Waals surface area contributed by atoms with Gasteiger partial charge in [0.25, 0.3) is 5.91 Å². The number of sulfonamides is 1. The van der Waals surface area contributed by atoms with E-state index >= 15 is 0 Å². The Morgan fingerprint density at radius 2 is 1.85 bits per heavy atom. The topological polar surface area (TPSA) is 215 Å². The Kier molecular flexibility index (Phi) is 11.8. The number of fused-ring (bicyclic) bond motifs is 3. The molecule has 7 rings (SSSR count). The van der Waals surface area contributed by atoms with Gasteiger partial charge in [0.2, 0.25) is 33.6 Å². The number of pyridine rings is 2. The van der Waals surface area contributed by atoms with E-state index in [2.05, 4.69) is 20.3 Å². The van der Waals surface area contributed by atoms with Crippen molar-refractivity contribution in [2.75, 3.05) is 13.7 Å². The first-order valence-corrected chi connectivity index (χ1v) is 21.7. The number of methoxy groups -OCH3 is 1. The van der Waals surface area contributed by atoms with Gasteiger partial charge in [0.1, 0.15) is 29.5 Å². The highest BCUT2D eigenvalue weighted by molar-refractivity contribution is 7.91. The molecule has 7 atom stereocenters. The van der Waals surface area contributed by atoms with Gasteiger partial charge in [-0.2, -0.15) is 0 Å². The normalized spacial score (nSPS) is 28.0. The van der Waals surface area contributed by atoms with Crippen molar-refractivity contribution in [3.05, 3.63) is 54.7 Å². The van der Waals surface area contributed by atoms with E-state index in [0.29, 0.717) is 54.0 Å². The number of benzene rings is 1. The van der Waals surface area contributed by atoms with E-state index in [9.17, 15) is 32.7 Å². The fraction of sp³-hybridized carbons (Fsp3) is 0.524. The quantitative estimate of drug-likeness (QED) is 0.207. The summed E-state index contributed by atoms with van der Waals surface area (Å²) in [5.41, 5.74) is -0.354. The predicted molar refractivity (Wildman–Crippen MR) is 217 cm³/mol. The van der Waals surface area contributed by atoms with E-state index in [-0.39, 0.29) is 37.3 Å². The van der Waals surface area contributed by atoms with Crippen molar-refractivity contribution < 1.29 is 46.9 Å². The molecule has 2 aliphatic heterocycles. The minimum Gasteiger partial charge on any atom is -0.497 e. The zero-order chi connectivity index (χ0) is 42.2. The number of hydrogen-bond acceptors (Lipinski definition) is 11. The Hall–Kier alpha value is -5.45. The van der Waals surface area contributed by atoms with Crippen LogP contribution in [0.25, 0.3) is 22.0 Å². The Labute approximate surface area is 343 Å². The molecule has 0 radical (unpaired) electrons. The summed E-state index contributed by atoms with van der Waals surface area (Å²) in [5, 5.41) is 15.9. The summed E-state index contributed by atoms with van der Waals surface area (Å²) in [7, 11) is -2.37. The van der Waals surface area contributed by atoms with Crippen molar-refractivity contribution in [3.8, 4) is 28.8 Å². The molecule has 17 heteroatoms. The van der Waals surface area contributed by atoms with Crippen LogP contribution in [0.3, 0.4) is 0 Å². The first kappa shape index (κ1) is 41.7. The molecule has 2 aliphatic carbocycles. The molecule has 4 amide bonds. The number of rotatable bonds is 10. The van der Waals surface area contributed by atoms with Gasteiger partial charge in [-0.05, 0) is 99.9 Å². The largest absolute Gasteiger partial charge is 0.497 e. The Bertz CT molecular complexity index is 2250.